The summed E-state index contributed by atoms with van der Waals surface area (Å²) < 4.78 is 21.2. The number of benzene rings is 2. The minimum atomic E-state index is -0.483. The maximum Gasteiger partial charge on any atom is 0.184 e. The second-order valence-electron chi connectivity index (χ2n) is 8.40. The van der Waals surface area contributed by atoms with Crippen molar-refractivity contribution in [1.29, 1.82) is 0 Å². The first kappa shape index (κ1) is 21.7. The minimum Gasteiger partial charge on any atom is -0.457 e. The highest BCUT2D eigenvalue weighted by Gasteiger charge is 2.31. The number of nitrogens with zero attached hydrogens (tertiary/aromatic N) is 4. The molecule has 0 amide bonds. The summed E-state index contributed by atoms with van der Waals surface area (Å²) in [6.07, 6.45) is 5.27. The molecule has 0 spiro atoms. The first-order valence-corrected chi connectivity index (χ1v) is 12.1. The van der Waals surface area contributed by atoms with Crippen LogP contribution in [0.3, 0.4) is 0 Å². The molecule has 6 rings (SSSR count). The summed E-state index contributed by atoms with van der Waals surface area (Å²) in [5, 5.41) is 18.9. The number of hydrogen-bond donors (Lipinski definition) is 2. The molecule has 0 aliphatic heterocycles. The number of halogens is 1. The van der Waals surface area contributed by atoms with E-state index in [1.807, 2.05) is 36.4 Å². The SMILES string of the molecule is O[C@H]1Cc2ccccc2[C@H]1Nc1nc2ccc(Oc3ccnc(-c4cnn(CCF)c4)c3)cc2s1. The van der Waals surface area contributed by atoms with Crippen LogP contribution < -0.4 is 10.1 Å². The standard InChI is InChI=1S/C26H22FN5O2S/c27-8-10-32-15-17(14-29-32)22-12-19(7-9-28-22)34-18-5-6-21-24(13-18)35-26(30-21)31-25-20-4-2-1-3-16(20)11-23(25)33/h1-7,9,12-15,23,25,33H,8,10-11H2,(H,30,31)/t23-,25+/m0/s1. The monoisotopic (exact) mass is 487 g/mol. The van der Waals surface area contributed by atoms with Crippen LogP contribution in [-0.2, 0) is 13.0 Å². The van der Waals surface area contributed by atoms with E-state index in [-0.39, 0.29) is 12.6 Å². The summed E-state index contributed by atoms with van der Waals surface area (Å²) >= 11 is 1.53. The lowest BCUT2D eigenvalue weighted by Crippen LogP contribution is -2.20. The van der Waals surface area contributed by atoms with Crippen LogP contribution in [0.25, 0.3) is 21.5 Å². The van der Waals surface area contributed by atoms with Crippen LogP contribution in [-0.4, -0.2) is 37.6 Å². The van der Waals surface area contributed by atoms with Crippen molar-refractivity contribution in [2.75, 3.05) is 12.0 Å². The Morgan fingerprint density at radius 1 is 1.14 bits per heavy atom. The lowest BCUT2D eigenvalue weighted by molar-refractivity contribution is 0.166. The molecule has 0 saturated heterocycles. The van der Waals surface area contributed by atoms with Gasteiger partial charge in [-0.05, 0) is 29.3 Å². The average molecular weight is 488 g/mol. The molecule has 3 aromatic heterocycles. The summed E-state index contributed by atoms with van der Waals surface area (Å²) in [5.41, 5.74) is 4.65. The number of nitrogens with one attached hydrogen (secondary N) is 1. The van der Waals surface area contributed by atoms with Crippen molar-refractivity contribution in [3.63, 3.8) is 0 Å². The largest absolute Gasteiger partial charge is 0.457 e. The van der Waals surface area contributed by atoms with Gasteiger partial charge in [-0.2, -0.15) is 5.10 Å². The van der Waals surface area contributed by atoms with Gasteiger partial charge in [-0.3, -0.25) is 9.67 Å². The molecule has 7 nitrogen and oxygen atoms in total. The Kier molecular flexibility index (Phi) is 5.63. The van der Waals surface area contributed by atoms with Gasteiger partial charge < -0.3 is 15.2 Å². The van der Waals surface area contributed by atoms with E-state index in [1.165, 1.54) is 16.9 Å². The lowest BCUT2D eigenvalue weighted by atomic mass is 10.1. The molecular formula is C26H22FN5O2S. The quantitative estimate of drug-likeness (QED) is 0.320. The smallest absolute Gasteiger partial charge is 0.184 e. The van der Waals surface area contributed by atoms with Crippen molar-refractivity contribution in [1.82, 2.24) is 19.7 Å². The van der Waals surface area contributed by atoms with E-state index in [9.17, 15) is 9.50 Å². The van der Waals surface area contributed by atoms with Gasteiger partial charge in [0.15, 0.2) is 5.13 Å². The number of aliphatic hydroxyl groups excluding tert-OH is 1. The van der Waals surface area contributed by atoms with Gasteiger partial charge in [0.25, 0.3) is 0 Å². The van der Waals surface area contributed by atoms with Crippen molar-refractivity contribution in [3.05, 3.63) is 84.3 Å². The molecule has 0 saturated carbocycles. The molecule has 176 valence electrons. The van der Waals surface area contributed by atoms with Crippen LogP contribution in [0.5, 0.6) is 11.5 Å². The number of ether oxygens (including phenoxy) is 1. The van der Waals surface area contributed by atoms with E-state index in [0.29, 0.717) is 23.6 Å². The molecule has 0 fully saturated rings. The number of anilines is 1. The second-order valence-corrected chi connectivity index (χ2v) is 9.43. The molecule has 1 aliphatic rings. The third kappa shape index (κ3) is 4.36. The summed E-state index contributed by atoms with van der Waals surface area (Å²) in [6.45, 7) is -0.252. The zero-order valence-electron chi connectivity index (χ0n) is 18.6. The number of aliphatic hydroxyl groups is 1. The zero-order chi connectivity index (χ0) is 23.8. The zero-order valence-corrected chi connectivity index (χ0v) is 19.5. The van der Waals surface area contributed by atoms with Gasteiger partial charge in [-0.1, -0.05) is 35.6 Å². The molecule has 2 aromatic carbocycles. The fourth-order valence-corrected chi connectivity index (χ4v) is 5.32. The van der Waals surface area contributed by atoms with Crippen LogP contribution in [0.15, 0.2) is 73.2 Å². The number of alkyl halides is 1. The molecule has 0 unspecified atom stereocenters. The topological polar surface area (TPSA) is 85.1 Å². The average Bonchev–Trinajstić information content (AvgIpc) is 3.57. The number of fused-ring (bicyclic) bond motifs is 2. The van der Waals surface area contributed by atoms with Crippen molar-refractivity contribution < 1.29 is 14.2 Å². The van der Waals surface area contributed by atoms with E-state index in [2.05, 4.69) is 27.5 Å². The van der Waals surface area contributed by atoms with Gasteiger partial charge in [-0.15, -0.1) is 0 Å². The molecule has 5 aromatic rings. The molecule has 0 radical (unpaired) electrons. The number of hydrogen-bond acceptors (Lipinski definition) is 7. The highest BCUT2D eigenvalue weighted by atomic mass is 32.1. The number of rotatable bonds is 7. The fraction of sp³-hybridized carbons (Fsp3) is 0.192. The van der Waals surface area contributed by atoms with Crippen LogP contribution in [0.2, 0.25) is 0 Å². The Hall–Kier alpha value is -3.82. The van der Waals surface area contributed by atoms with E-state index >= 15 is 0 Å². The van der Waals surface area contributed by atoms with E-state index in [1.54, 1.807) is 29.3 Å². The Morgan fingerprint density at radius 2 is 2.03 bits per heavy atom. The van der Waals surface area contributed by atoms with Gasteiger partial charge in [0, 0.05) is 36.5 Å². The van der Waals surface area contributed by atoms with Crippen molar-refractivity contribution in [2.24, 2.45) is 0 Å². The Labute approximate surface area is 204 Å². The molecular weight excluding hydrogens is 465 g/mol. The highest BCUT2D eigenvalue weighted by molar-refractivity contribution is 7.22. The van der Waals surface area contributed by atoms with E-state index in [4.69, 9.17) is 9.72 Å². The summed E-state index contributed by atoms with van der Waals surface area (Å²) in [7, 11) is 0. The predicted octanol–water partition coefficient (Wildman–Crippen LogP) is 5.39. The third-order valence-electron chi connectivity index (χ3n) is 6.05. The maximum absolute atomic E-state index is 12.6. The highest BCUT2D eigenvalue weighted by Crippen LogP contribution is 2.37. The number of thiazole rings is 1. The molecule has 2 N–H and O–H groups in total. The number of aryl methyl sites for hydroxylation is 1. The minimum absolute atomic E-state index is 0.174. The van der Waals surface area contributed by atoms with Gasteiger partial charge in [0.1, 0.15) is 18.2 Å². The molecule has 3 heterocycles. The van der Waals surface area contributed by atoms with Gasteiger partial charge >= 0.3 is 0 Å². The Morgan fingerprint density at radius 3 is 2.94 bits per heavy atom. The second kappa shape index (κ2) is 9.09. The predicted molar refractivity (Wildman–Crippen MR) is 134 cm³/mol. The summed E-state index contributed by atoms with van der Waals surface area (Å²) in [5.74, 6) is 1.32. The molecule has 1 aliphatic carbocycles. The number of pyridine rings is 1. The molecule has 2 atom stereocenters. The first-order valence-electron chi connectivity index (χ1n) is 11.3. The van der Waals surface area contributed by atoms with Crippen LogP contribution in [0.1, 0.15) is 17.2 Å². The number of aromatic nitrogens is 4. The van der Waals surface area contributed by atoms with Gasteiger partial charge in [0.05, 0.1) is 40.8 Å². The van der Waals surface area contributed by atoms with E-state index < -0.39 is 12.8 Å². The maximum atomic E-state index is 12.6. The lowest BCUT2D eigenvalue weighted by Gasteiger charge is -2.16. The van der Waals surface area contributed by atoms with Crippen molar-refractivity contribution in [3.8, 4) is 22.8 Å². The molecule has 0 bridgehead atoms. The van der Waals surface area contributed by atoms with Gasteiger partial charge in [0.2, 0.25) is 0 Å². The van der Waals surface area contributed by atoms with Crippen LogP contribution in [0, 0.1) is 0 Å². The van der Waals surface area contributed by atoms with Crippen molar-refractivity contribution in [2.45, 2.75) is 25.1 Å². The van der Waals surface area contributed by atoms with Crippen molar-refractivity contribution >= 4 is 26.7 Å². The Bertz CT molecular complexity index is 1500. The fourth-order valence-electron chi connectivity index (χ4n) is 4.38. The molecule has 35 heavy (non-hydrogen) atoms. The van der Waals surface area contributed by atoms with Crippen LogP contribution >= 0.6 is 11.3 Å². The molecule has 9 heteroatoms. The van der Waals surface area contributed by atoms with Crippen LogP contribution in [0.4, 0.5) is 9.52 Å². The third-order valence-corrected chi connectivity index (χ3v) is 7.00. The summed E-state index contributed by atoms with van der Waals surface area (Å²) in [6, 6.07) is 17.3. The Balaban J connectivity index is 1.20. The first-order chi connectivity index (χ1) is 17.2. The van der Waals surface area contributed by atoms with E-state index in [0.717, 1.165) is 26.5 Å². The van der Waals surface area contributed by atoms with Gasteiger partial charge in [-0.25, -0.2) is 9.37 Å². The normalized spacial score (nSPS) is 17.0. The summed E-state index contributed by atoms with van der Waals surface area (Å²) in [4.78, 5) is 9.08.